The molecule has 0 saturated heterocycles. The van der Waals surface area contributed by atoms with Crippen LogP contribution in [-0.4, -0.2) is 17.5 Å². The number of fused-ring (bicyclic) bond motifs is 1. The molecule has 1 aromatic heterocycles. The van der Waals surface area contributed by atoms with E-state index in [1.165, 1.54) is 4.88 Å². The molecule has 3 rings (SSSR count). The Bertz CT molecular complexity index is 669. The van der Waals surface area contributed by atoms with Crippen LogP contribution in [0.3, 0.4) is 0 Å². The van der Waals surface area contributed by atoms with E-state index in [1.807, 2.05) is 24.4 Å². The number of anilines is 1. The number of ether oxygens (including phenoxy) is 1. The van der Waals surface area contributed by atoms with Crippen molar-refractivity contribution < 1.29 is 9.53 Å². The number of carbonyl (C=O) groups is 1. The third-order valence-electron chi connectivity index (χ3n) is 3.30. The highest BCUT2D eigenvalue weighted by Gasteiger charge is 2.16. The van der Waals surface area contributed by atoms with Crippen molar-refractivity contribution in [2.24, 2.45) is 0 Å². The van der Waals surface area contributed by atoms with Crippen LogP contribution in [0.4, 0.5) is 5.69 Å². The summed E-state index contributed by atoms with van der Waals surface area (Å²) < 4.78 is 5.35. The maximum Gasteiger partial charge on any atom is 0.262 e. The molecule has 1 aromatic carbocycles. The fourth-order valence-electron chi connectivity index (χ4n) is 2.17. The van der Waals surface area contributed by atoms with E-state index in [2.05, 4.69) is 29.5 Å². The number of nitrogens with zero attached hydrogens (tertiary/aromatic N) is 1. The van der Waals surface area contributed by atoms with Crippen molar-refractivity contribution in [1.29, 1.82) is 0 Å². The van der Waals surface area contributed by atoms with E-state index < -0.39 is 0 Å². The summed E-state index contributed by atoms with van der Waals surface area (Å²) in [4.78, 5) is 16.9. The number of nitrogens with one attached hydrogen (secondary N) is 2. The lowest BCUT2D eigenvalue weighted by atomic mass is 10.1. The first-order valence-electron chi connectivity index (χ1n) is 6.83. The van der Waals surface area contributed by atoms with Crippen LogP contribution in [0.15, 0.2) is 24.4 Å². The Morgan fingerprint density at radius 2 is 2.38 bits per heavy atom. The van der Waals surface area contributed by atoms with Gasteiger partial charge in [-0.25, -0.2) is 4.98 Å². The van der Waals surface area contributed by atoms with Crippen molar-refractivity contribution in [3.63, 3.8) is 0 Å². The lowest BCUT2D eigenvalue weighted by Gasteiger charge is -2.19. The minimum Gasteiger partial charge on any atom is -0.482 e. The number of hydrogen-bond donors (Lipinski definition) is 2. The summed E-state index contributed by atoms with van der Waals surface area (Å²) in [6.07, 6.45) is 1.89. The smallest absolute Gasteiger partial charge is 0.262 e. The maximum atomic E-state index is 11.3. The van der Waals surface area contributed by atoms with Gasteiger partial charge in [0, 0.05) is 17.6 Å². The zero-order chi connectivity index (χ0) is 14.8. The third-order valence-corrected chi connectivity index (χ3v) is 4.39. The number of hydrogen-bond acceptors (Lipinski definition) is 5. The molecule has 1 aliphatic rings. The van der Waals surface area contributed by atoms with Crippen LogP contribution >= 0.6 is 11.3 Å². The molecule has 0 saturated carbocycles. The van der Waals surface area contributed by atoms with E-state index in [1.54, 1.807) is 11.3 Å². The average molecular weight is 303 g/mol. The van der Waals surface area contributed by atoms with Crippen LogP contribution in [0.1, 0.15) is 28.4 Å². The Morgan fingerprint density at radius 1 is 1.52 bits per heavy atom. The predicted octanol–water partition coefficient (Wildman–Crippen LogP) is 2.63. The molecule has 2 heterocycles. The van der Waals surface area contributed by atoms with Gasteiger partial charge in [-0.1, -0.05) is 6.07 Å². The summed E-state index contributed by atoms with van der Waals surface area (Å²) >= 11 is 1.70. The van der Waals surface area contributed by atoms with E-state index in [0.717, 1.165) is 22.0 Å². The topological polar surface area (TPSA) is 63.2 Å². The summed E-state index contributed by atoms with van der Waals surface area (Å²) in [6, 6.07) is 6.04. The maximum absolute atomic E-state index is 11.3. The molecule has 1 aliphatic heterocycles. The first-order valence-corrected chi connectivity index (χ1v) is 7.65. The largest absolute Gasteiger partial charge is 0.482 e. The summed E-state index contributed by atoms with van der Waals surface area (Å²) in [5.74, 6) is 0.612. The van der Waals surface area contributed by atoms with E-state index >= 15 is 0 Å². The van der Waals surface area contributed by atoms with Gasteiger partial charge in [-0.15, -0.1) is 11.3 Å². The van der Waals surface area contributed by atoms with Gasteiger partial charge in [-0.3, -0.25) is 4.79 Å². The quantitative estimate of drug-likeness (QED) is 0.911. The second-order valence-corrected chi connectivity index (χ2v) is 6.35. The monoisotopic (exact) mass is 303 g/mol. The predicted molar refractivity (Wildman–Crippen MR) is 82.7 cm³/mol. The molecule has 5 nitrogen and oxygen atoms in total. The Labute approximate surface area is 127 Å². The number of aromatic nitrogens is 1. The van der Waals surface area contributed by atoms with Gasteiger partial charge in [-0.2, -0.15) is 0 Å². The minimum absolute atomic E-state index is 0.0883. The highest BCUT2D eigenvalue weighted by Crippen LogP contribution is 2.28. The molecule has 0 fully saturated rings. The molecule has 110 valence electrons. The number of benzene rings is 1. The molecule has 1 atom stereocenters. The summed E-state index contributed by atoms with van der Waals surface area (Å²) in [6.45, 7) is 4.95. The Morgan fingerprint density at radius 3 is 3.14 bits per heavy atom. The second kappa shape index (κ2) is 5.83. The van der Waals surface area contributed by atoms with Crippen LogP contribution < -0.4 is 15.4 Å². The van der Waals surface area contributed by atoms with Crippen LogP contribution in [-0.2, 0) is 11.3 Å². The van der Waals surface area contributed by atoms with Gasteiger partial charge in [0.1, 0.15) is 10.8 Å². The van der Waals surface area contributed by atoms with Crippen LogP contribution in [0, 0.1) is 6.92 Å². The summed E-state index contributed by atoms with van der Waals surface area (Å²) in [5.41, 5.74) is 1.84. The normalized spacial score (nSPS) is 15.0. The van der Waals surface area contributed by atoms with E-state index in [-0.39, 0.29) is 18.6 Å². The number of carbonyl (C=O) groups excluding carboxylic acids is 1. The molecule has 1 amide bonds. The molecular formula is C15H17N3O2S. The van der Waals surface area contributed by atoms with Crippen molar-refractivity contribution >= 4 is 22.9 Å². The molecular weight excluding hydrogens is 286 g/mol. The standard InChI is InChI=1S/C15H17N3O2S/c1-9-6-17-15(21-9)10(2)16-7-11-3-4-13-12(5-11)18-14(19)8-20-13/h3-6,10,16H,7-8H2,1-2H3,(H,18,19). The molecule has 0 radical (unpaired) electrons. The van der Waals surface area contributed by atoms with Crippen LogP contribution in [0.25, 0.3) is 0 Å². The van der Waals surface area contributed by atoms with Crippen molar-refractivity contribution in [3.05, 3.63) is 39.8 Å². The highest BCUT2D eigenvalue weighted by atomic mass is 32.1. The van der Waals surface area contributed by atoms with Crippen molar-refractivity contribution in [1.82, 2.24) is 10.3 Å². The van der Waals surface area contributed by atoms with Gasteiger partial charge in [0.15, 0.2) is 6.61 Å². The van der Waals surface area contributed by atoms with Gasteiger partial charge >= 0.3 is 0 Å². The van der Waals surface area contributed by atoms with E-state index in [4.69, 9.17) is 4.74 Å². The summed E-state index contributed by atoms with van der Waals surface area (Å²) in [5, 5.41) is 7.35. The average Bonchev–Trinajstić information content (AvgIpc) is 2.91. The van der Waals surface area contributed by atoms with Crippen molar-refractivity contribution in [2.45, 2.75) is 26.4 Å². The number of rotatable bonds is 4. The summed E-state index contributed by atoms with van der Waals surface area (Å²) in [7, 11) is 0. The molecule has 2 aromatic rings. The Balaban J connectivity index is 1.65. The van der Waals surface area contributed by atoms with Gasteiger partial charge in [0.25, 0.3) is 5.91 Å². The first kappa shape index (κ1) is 14.0. The first-order chi connectivity index (χ1) is 10.1. The fourth-order valence-corrected chi connectivity index (χ4v) is 2.97. The number of amides is 1. The van der Waals surface area contributed by atoms with Crippen LogP contribution in [0.2, 0.25) is 0 Å². The molecule has 6 heteroatoms. The van der Waals surface area contributed by atoms with Crippen LogP contribution in [0.5, 0.6) is 5.75 Å². The molecule has 0 aliphatic carbocycles. The van der Waals surface area contributed by atoms with Gasteiger partial charge in [0.05, 0.1) is 11.7 Å². The van der Waals surface area contributed by atoms with Crippen molar-refractivity contribution in [3.8, 4) is 5.75 Å². The third kappa shape index (κ3) is 3.22. The SMILES string of the molecule is Cc1cnc(C(C)NCc2ccc3c(c2)NC(=O)CO3)s1. The highest BCUT2D eigenvalue weighted by molar-refractivity contribution is 7.11. The van der Waals surface area contributed by atoms with Gasteiger partial charge < -0.3 is 15.4 Å². The zero-order valence-electron chi connectivity index (χ0n) is 12.0. The molecule has 21 heavy (non-hydrogen) atoms. The fraction of sp³-hybridized carbons (Fsp3) is 0.333. The molecule has 1 unspecified atom stereocenters. The van der Waals surface area contributed by atoms with Gasteiger partial charge in [0.2, 0.25) is 0 Å². The zero-order valence-corrected chi connectivity index (χ0v) is 12.8. The number of aryl methyl sites for hydroxylation is 1. The number of thiazole rings is 1. The van der Waals surface area contributed by atoms with Gasteiger partial charge in [-0.05, 0) is 31.5 Å². The molecule has 0 spiro atoms. The van der Waals surface area contributed by atoms with E-state index in [0.29, 0.717) is 6.54 Å². The van der Waals surface area contributed by atoms with Crippen molar-refractivity contribution in [2.75, 3.05) is 11.9 Å². The molecule has 0 bridgehead atoms. The minimum atomic E-state index is -0.112. The lowest BCUT2D eigenvalue weighted by Crippen LogP contribution is -2.25. The lowest BCUT2D eigenvalue weighted by molar-refractivity contribution is -0.118. The Kier molecular flexibility index (Phi) is 3.90. The molecule has 2 N–H and O–H groups in total. The van der Waals surface area contributed by atoms with E-state index in [9.17, 15) is 4.79 Å². The second-order valence-electron chi connectivity index (χ2n) is 5.08. The Hall–Kier alpha value is -1.92.